The van der Waals surface area contributed by atoms with Gasteiger partial charge in [-0.2, -0.15) is 0 Å². The minimum atomic E-state index is -0.0704. The van der Waals surface area contributed by atoms with Crippen molar-refractivity contribution in [2.24, 2.45) is 0 Å². The molecule has 0 aliphatic heterocycles. The van der Waals surface area contributed by atoms with Gasteiger partial charge >= 0.3 is 0 Å². The number of ketones is 1. The summed E-state index contributed by atoms with van der Waals surface area (Å²) in [6.07, 6.45) is 0. The molecule has 2 aromatic carbocycles. The smallest absolute Gasteiger partial charge is 0.196 e. The zero-order chi connectivity index (χ0) is 13.7. The minimum absolute atomic E-state index is 0.0704. The Hall–Kier alpha value is -2.29. The SMILES string of the molecule is CCOc1cccc(C(=O)c2ccccc2)c1OC. The van der Waals surface area contributed by atoms with Crippen molar-refractivity contribution in [2.45, 2.75) is 6.92 Å². The van der Waals surface area contributed by atoms with Crippen LogP contribution < -0.4 is 9.47 Å². The molecule has 98 valence electrons. The Labute approximate surface area is 112 Å². The molecule has 0 fully saturated rings. The van der Waals surface area contributed by atoms with E-state index < -0.39 is 0 Å². The van der Waals surface area contributed by atoms with Crippen LogP contribution in [-0.4, -0.2) is 19.5 Å². The highest BCUT2D eigenvalue weighted by atomic mass is 16.5. The second kappa shape index (κ2) is 6.05. The molecule has 0 amide bonds. The summed E-state index contributed by atoms with van der Waals surface area (Å²) < 4.78 is 10.8. The molecule has 0 spiro atoms. The van der Waals surface area contributed by atoms with E-state index in [2.05, 4.69) is 0 Å². The fourth-order valence-corrected chi connectivity index (χ4v) is 1.92. The van der Waals surface area contributed by atoms with E-state index in [1.807, 2.05) is 25.1 Å². The van der Waals surface area contributed by atoms with Crippen molar-refractivity contribution in [3.8, 4) is 11.5 Å². The molecule has 0 atom stereocenters. The Kier molecular flexibility index (Phi) is 4.18. The molecule has 0 radical (unpaired) electrons. The first-order valence-corrected chi connectivity index (χ1v) is 6.17. The maximum atomic E-state index is 12.4. The van der Waals surface area contributed by atoms with Crippen molar-refractivity contribution >= 4 is 5.78 Å². The first kappa shape index (κ1) is 13.1. The van der Waals surface area contributed by atoms with Crippen LogP contribution in [-0.2, 0) is 0 Å². The van der Waals surface area contributed by atoms with Crippen molar-refractivity contribution in [2.75, 3.05) is 13.7 Å². The van der Waals surface area contributed by atoms with Crippen LogP contribution in [0.25, 0.3) is 0 Å². The third-order valence-electron chi connectivity index (χ3n) is 2.76. The number of hydrogen-bond acceptors (Lipinski definition) is 3. The molecule has 2 rings (SSSR count). The highest BCUT2D eigenvalue weighted by molar-refractivity contribution is 6.11. The second-order valence-corrected chi connectivity index (χ2v) is 3.97. The van der Waals surface area contributed by atoms with Crippen LogP contribution in [0.1, 0.15) is 22.8 Å². The van der Waals surface area contributed by atoms with E-state index in [-0.39, 0.29) is 5.78 Å². The van der Waals surface area contributed by atoms with Crippen molar-refractivity contribution in [1.29, 1.82) is 0 Å². The predicted octanol–water partition coefficient (Wildman–Crippen LogP) is 3.32. The minimum Gasteiger partial charge on any atom is -0.492 e. The molecule has 2 aromatic rings. The lowest BCUT2D eigenvalue weighted by Gasteiger charge is -2.12. The highest BCUT2D eigenvalue weighted by Crippen LogP contribution is 2.32. The third-order valence-corrected chi connectivity index (χ3v) is 2.76. The van der Waals surface area contributed by atoms with Crippen molar-refractivity contribution in [3.63, 3.8) is 0 Å². The standard InChI is InChI=1S/C16H16O3/c1-3-19-14-11-7-10-13(16(14)18-2)15(17)12-8-5-4-6-9-12/h4-11H,3H2,1-2H3. The Bertz CT molecular complexity index is 561. The normalized spacial score (nSPS) is 10.0. The molecule has 0 unspecified atom stereocenters. The molecule has 0 aliphatic rings. The van der Waals surface area contributed by atoms with Crippen LogP contribution in [0.3, 0.4) is 0 Å². The van der Waals surface area contributed by atoms with E-state index in [1.165, 1.54) is 0 Å². The molecule has 0 bridgehead atoms. The summed E-state index contributed by atoms with van der Waals surface area (Å²) in [5.74, 6) is 1.00. The Morgan fingerprint density at radius 1 is 1.05 bits per heavy atom. The average molecular weight is 256 g/mol. The van der Waals surface area contributed by atoms with Gasteiger partial charge in [0, 0.05) is 5.56 Å². The van der Waals surface area contributed by atoms with E-state index in [1.54, 1.807) is 37.4 Å². The fourth-order valence-electron chi connectivity index (χ4n) is 1.92. The summed E-state index contributed by atoms with van der Waals surface area (Å²) in [5, 5.41) is 0. The van der Waals surface area contributed by atoms with Gasteiger partial charge in [-0.15, -0.1) is 0 Å². The first-order valence-electron chi connectivity index (χ1n) is 6.17. The van der Waals surface area contributed by atoms with Crippen molar-refractivity contribution < 1.29 is 14.3 Å². The topological polar surface area (TPSA) is 35.5 Å². The molecule has 0 aliphatic carbocycles. The van der Waals surface area contributed by atoms with Gasteiger partial charge in [0.25, 0.3) is 0 Å². The molecule has 19 heavy (non-hydrogen) atoms. The monoisotopic (exact) mass is 256 g/mol. The van der Waals surface area contributed by atoms with Crippen LogP contribution in [0.5, 0.6) is 11.5 Å². The lowest BCUT2D eigenvalue weighted by atomic mass is 10.0. The molecule has 0 heterocycles. The Morgan fingerprint density at radius 3 is 2.42 bits per heavy atom. The van der Waals surface area contributed by atoms with Gasteiger partial charge in [-0.25, -0.2) is 0 Å². The molecular formula is C16H16O3. The number of hydrogen-bond donors (Lipinski definition) is 0. The number of ether oxygens (including phenoxy) is 2. The summed E-state index contributed by atoms with van der Waals surface area (Å²) in [6.45, 7) is 2.42. The summed E-state index contributed by atoms with van der Waals surface area (Å²) in [7, 11) is 1.54. The number of para-hydroxylation sites is 1. The lowest BCUT2D eigenvalue weighted by molar-refractivity contribution is 0.103. The zero-order valence-electron chi connectivity index (χ0n) is 11.1. The molecule has 3 heteroatoms. The van der Waals surface area contributed by atoms with Crippen LogP contribution in [0.15, 0.2) is 48.5 Å². The number of carbonyl (C=O) groups is 1. The Morgan fingerprint density at radius 2 is 1.79 bits per heavy atom. The van der Waals surface area contributed by atoms with Gasteiger partial charge in [-0.1, -0.05) is 36.4 Å². The molecule has 0 saturated carbocycles. The summed E-state index contributed by atoms with van der Waals surface area (Å²) in [4.78, 5) is 12.4. The van der Waals surface area contributed by atoms with E-state index in [4.69, 9.17) is 9.47 Å². The maximum Gasteiger partial charge on any atom is 0.196 e. The van der Waals surface area contributed by atoms with Crippen molar-refractivity contribution in [1.82, 2.24) is 0 Å². The van der Waals surface area contributed by atoms with Gasteiger partial charge in [0.15, 0.2) is 17.3 Å². The lowest BCUT2D eigenvalue weighted by Crippen LogP contribution is -2.05. The predicted molar refractivity (Wildman–Crippen MR) is 74.0 cm³/mol. The molecule has 3 nitrogen and oxygen atoms in total. The van der Waals surface area contributed by atoms with Gasteiger partial charge < -0.3 is 9.47 Å². The van der Waals surface area contributed by atoms with Crippen LogP contribution in [0.2, 0.25) is 0 Å². The third kappa shape index (κ3) is 2.76. The number of carbonyl (C=O) groups excluding carboxylic acids is 1. The quantitative estimate of drug-likeness (QED) is 0.770. The summed E-state index contributed by atoms with van der Waals surface area (Å²) in [5.41, 5.74) is 1.15. The van der Waals surface area contributed by atoms with Gasteiger partial charge in [-0.05, 0) is 19.1 Å². The van der Waals surface area contributed by atoms with E-state index in [0.29, 0.717) is 29.2 Å². The maximum absolute atomic E-state index is 12.4. The Balaban J connectivity index is 2.45. The summed E-state index contributed by atoms with van der Waals surface area (Å²) in [6, 6.07) is 14.5. The van der Waals surface area contributed by atoms with Crippen molar-refractivity contribution in [3.05, 3.63) is 59.7 Å². The van der Waals surface area contributed by atoms with Crippen LogP contribution in [0.4, 0.5) is 0 Å². The number of methoxy groups -OCH3 is 1. The average Bonchev–Trinajstić information content (AvgIpc) is 2.47. The molecular weight excluding hydrogens is 240 g/mol. The second-order valence-electron chi connectivity index (χ2n) is 3.97. The van der Waals surface area contributed by atoms with Gasteiger partial charge in [0.1, 0.15) is 0 Å². The molecule has 0 N–H and O–H groups in total. The van der Waals surface area contributed by atoms with E-state index >= 15 is 0 Å². The van der Waals surface area contributed by atoms with Gasteiger partial charge in [-0.3, -0.25) is 4.79 Å². The van der Waals surface area contributed by atoms with Gasteiger partial charge in [0.05, 0.1) is 19.3 Å². The highest BCUT2D eigenvalue weighted by Gasteiger charge is 2.17. The molecule has 0 aromatic heterocycles. The summed E-state index contributed by atoms with van der Waals surface area (Å²) >= 11 is 0. The van der Waals surface area contributed by atoms with Crippen LogP contribution in [0, 0.1) is 0 Å². The van der Waals surface area contributed by atoms with E-state index in [9.17, 15) is 4.79 Å². The number of benzene rings is 2. The van der Waals surface area contributed by atoms with Gasteiger partial charge in [0.2, 0.25) is 0 Å². The van der Waals surface area contributed by atoms with Crippen LogP contribution >= 0.6 is 0 Å². The molecule has 0 saturated heterocycles. The largest absolute Gasteiger partial charge is 0.492 e. The van der Waals surface area contributed by atoms with E-state index in [0.717, 1.165) is 0 Å². The zero-order valence-corrected chi connectivity index (χ0v) is 11.1. The fraction of sp³-hybridized carbons (Fsp3) is 0.188. The number of rotatable bonds is 5. The first-order chi connectivity index (χ1) is 9.27.